The van der Waals surface area contributed by atoms with Crippen molar-refractivity contribution in [2.45, 2.75) is 27.7 Å². The number of nitrogens with zero attached hydrogens (tertiary/aromatic N) is 1. The number of nitrogens with one attached hydrogen (secondary N) is 1. The predicted molar refractivity (Wildman–Crippen MR) is 110 cm³/mol. The molecule has 0 radical (unpaired) electrons. The van der Waals surface area contributed by atoms with Crippen LogP contribution >= 0.6 is 0 Å². The lowest BCUT2D eigenvalue weighted by Crippen LogP contribution is -2.16. The first-order valence-electron chi connectivity index (χ1n) is 8.43. The van der Waals surface area contributed by atoms with Crippen LogP contribution in [0.4, 0.5) is 5.69 Å². The van der Waals surface area contributed by atoms with Crippen molar-refractivity contribution >= 4 is 17.1 Å². The molecule has 25 heavy (non-hydrogen) atoms. The lowest BCUT2D eigenvalue weighted by molar-refractivity contribution is 1.11. The Morgan fingerprint density at radius 3 is 2.16 bits per heavy atom. The summed E-state index contributed by atoms with van der Waals surface area (Å²) in [6.07, 6.45) is 2.00. The lowest BCUT2D eigenvalue weighted by Gasteiger charge is -2.17. The molecule has 0 aliphatic carbocycles. The fourth-order valence-electron chi connectivity index (χ4n) is 2.60. The number of hydrogen-bond donors (Lipinski definition) is 1. The standard InChI is InChI=1S/C23H26N2/c1-7-22(25-20(6)21-14-10-8-12-16(21)2)18(4)19(5)24-23-15-11-9-13-17(23)3/h7-15,25H,4,6H2,1-3,5H3/b22-7+,24-19?. The molecule has 0 spiro atoms. The molecule has 2 heteroatoms. The minimum absolute atomic E-state index is 0.857. The zero-order valence-corrected chi connectivity index (χ0v) is 15.6. The van der Waals surface area contributed by atoms with Gasteiger partial charge < -0.3 is 5.32 Å². The quantitative estimate of drug-likeness (QED) is 0.501. The van der Waals surface area contributed by atoms with Gasteiger partial charge in [-0.15, -0.1) is 0 Å². The van der Waals surface area contributed by atoms with Gasteiger partial charge in [0.05, 0.1) is 5.69 Å². The van der Waals surface area contributed by atoms with Gasteiger partial charge in [0.15, 0.2) is 0 Å². The highest BCUT2D eigenvalue weighted by Gasteiger charge is 2.09. The van der Waals surface area contributed by atoms with Crippen LogP contribution in [-0.4, -0.2) is 5.71 Å². The maximum absolute atomic E-state index is 4.73. The van der Waals surface area contributed by atoms with E-state index in [-0.39, 0.29) is 0 Å². The van der Waals surface area contributed by atoms with E-state index in [2.05, 4.69) is 50.5 Å². The highest BCUT2D eigenvalue weighted by molar-refractivity contribution is 6.03. The maximum Gasteiger partial charge on any atom is 0.0662 e. The van der Waals surface area contributed by atoms with Crippen molar-refractivity contribution in [1.82, 2.24) is 5.32 Å². The molecule has 0 aromatic heterocycles. The summed E-state index contributed by atoms with van der Waals surface area (Å²) in [7, 11) is 0. The summed E-state index contributed by atoms with van der Waals surface area (Å²) in [6.45, 7) is 16.5. The van der Waals surface area contributed by atoms with Crippen LogP contribution in [0.3, 0.4) is 0 Å². The summed E-state index contributed by atoms with van der Waals surface area (Å²) in [5.41, 5.74) is 7.92. The van der Waals surface area contributed by atoms with E-state index < -0.39 is 0 Å². The molecule has 2 rings (SSSR count). The fourth-order valence-corrected chi connectivity index (χ4v) is 2.60. The second-order valence-electron chi connectivity index (χ2n) is 6.08. The van der Waals surface area contributed by atoms with E-state index in [1.165, 1.54) is 5.56 Å². The molecule has 0 atom stereocenters. The van der Waals surface area contributed by atoms with Crippen LogP contribution < -0.4 is 5.32 Å². The van der Waals surface area contributed by atoms with Crippen LogP contribution in [-0.2, 0) is 0 Å². The largest absolute Gasteiger partial charge is 0.355 e. The van der Waals surface area contributed by atoms with Crippen molar-refractivity contribution in [3.8, 4) is 0 Å². The number of allylic oxidation sites excluding steroid dienone is 2. The first kappa shape index (κ1) is 18.5. The molecule has 0 bridgehead atoms. The van der Waals surface area contributed by atoms with Crippen LogP contribution in [0.5, 0.6) is 0 Å². The van der Waals surface area contributed by atoms with Crippen molar-refractivity contribution in [3.63, 3.8) is 0 Å². The number of hydrogen-bond acceptors (Lipinski definition) is 2. The van der Waals surface area contributed by atoms with Crippen molar-refractivity contribution in [1.29, 1.82) is 0 Å². The van der Waals surface area contributed by atoms with E-state index >= 15 is 0 Å². The van der Waals surface area contributed by atoms with Gasteiger partial charge in [-0.25, -0.2) is 0 Å². The Bertz CT molecular complexity index is 854. The van der Waals surface area contributed by atoms with Crippen LogP contribution in [0.15, 0.2) is 84.0 Å². The molecule has 0 amide bonds. The van der Waals surface area contributed by atoms with Gasteiger partial charge in [0.2, 0.25) is 0 Å². The molecule has 0 saturated heterocycles. The molecule has 1 N–H and O–H groups in total. The molecule has 0 saturated carbocycles. The Balaban J connectivity index is 2.20. The summed E-state index contributed by atoms with van der Waals surface area (Å²) in [6, 6.07) is 16.3. The highest BCUT2D eigenvalue weighted by Crippen LogP contribution is 2.21. The van der Waals surface area contributed by atoms with Gasteiger partial charge in [0.25, 0.3) is 0 Å². The zero-order valence-electron chi connectivity index (χ0n) is 15.6. The topological polar surface area (TPSA) is 24.4 Å². The second kappa shape index (κ2) is 8.29. The monoisotopic (exact) mass is 330 g/mol. The first-order valence-corrected chi connectivity index (χ1v) is 8.43. The Kier molecular flexibility index (Phi) is 6.13. The van der Waals surface area contributed by atoms with Gasteiger partial charge in [-0.3, -0.25) is 4.99 Å². The van der Waals surface area contributed by atoms with E-state index in [0.717, 1.165) is 39.5 Å². The molecule has 2 nitrogen and oxygen atoms in total. The van der Waals surface area contributed by atoms with Crippen molar-refractivity contribution < 1.29 is 0 Å². The van der Waals surface area contributed by atoms with Gasteiger partial charge >= 0.3 is 0 Å². The summed E-state index contributed by atoms with van der Waals surface area (Å²) in [5.74, 6) is 0. The number of aryl methyl sites for hydroxylation is 2. The summed E-state index contributed by atoms with van der Waals surface area (Å²) < 4.78 is 0. The predicted octanol–water partition coefficient (Wildman–Crippen LogP) is 6.12. The van der Waals surface area contributed by atoms with E-state index in [1.807, 2.05) is 50.3 Å². The van der Waals surface area contributed by atoms with Gasteiger partial charge in [-0.1, -0.05) is 61.7 Å². The lowest BCUT2D eigenvalue weighted by atomic mass is 10.0. The van der Waals surface area contributed by atoms with Crippen LogP contribution in [0.2, 0.25) is 0 Å². The Hall–Kier alpha value is -2.87. The smallest absolute Gasteiger partial charge is 0.0662 e. The van der Waals surface area contributed by atoms with Gasteiger partial charge in [0.1, 0.15) is 0 Å². The fraction of sp³-hybridized carbons (Fsp3) is 0.174. The third-order valence-electron chi connectivity index (χ3n) is 4.21. The molecule has 128 valence electrons. The Labute approximate surface area is 151 Å². The number of para-hydroxylation sites is 1. The maximum atomic E-state index is 4.73. The third kappa shape index (κ3) is 4.57. The number of aliphatic imine (C=N–C) groups is 1. The minimum atomic E-state index is 0.857. The second-order valence-corrected chi connectivity index (χ2v) is 6.08. The average Bonchev–Trinajstić information content (AvgIpc) is 2.61. The van der Waals surface area contributed by atoms with Gasteiger partial charge in [0, 0.05) is 28.2 Å². The zero-order chi connectivity index (χ0) is 18.4. The van der Waals surface area contributed by atoms with Crippen LogP contribution in [0.1, 0.15) is 30.5 Å². The third-order valence-corrected chi connectivity index (χ3v) is 4.21. The van der Waals surface area contributed by atoms with Crippen molar-refractivity contribution in [2.75, 3.05) is 0 Å². The minimum Gasteiger partial charge on any atom is -0.355 e. The normalized spacial score (nSPS) is 12.0. The summed E-state index contributed by atoms with van der Waals surface area (Å²) in [5, 5.41) is 3.39. The van der Waals surface area contributed by atoms with E-state index in [9.17, 15) is 0 Å². The van der Waals surface area contributed by atoms with E-state index in [1.54, 1.807) is 0 Å². The van der Waals surface area contributed by atoms with E-state index in [0.29, 0.717) is 0 Å². The molecule has 0 aliphatic rings. The summed E-state index contributed by atoms with van der Waals surface area (Å²) in [4.78, 5) is 4.73. The average molecular weight is 330 g/mol. The molecule has 0 heterocycles. The molecule has 0 aliphatic heterocycles. The Morgan fingerprint density at radius 2 is 1.56 bits per heavy atom. The molecule has 2 aromatic rings. The summed E-state index contributed by atoms with van der Waals surface area (Å²) >= 11 is 0. The molecular formula is C23H26N2. The molecule has 0 unspecified atom stereocenters. The SMILES string of the molecule is C=C(C(C)=Nc1ccccc1C)/C(=C\C)NC(=C)c1ccccc1C. The first-order chi connectivity index (χ1) is 11.9. The van der Waals surface area contributed by atoms with Gasteiger partial charge in [-0.05, 0) is 44.9 Å². The molecule has 0 fully saturated rings. The van der Waals surface area contributed by atoms with Gasteiger partial charge in [-0.2, -0.15) is 0 Å². The van der Waals surface area contributed by atoms with E-state index in [4.69, 9.17) is 4.99 Å². The number of benzene rings is 2. The molecule has 2 aromatic carbocycles. The number of rotatable bonds is 6. The van der Waals surface area contributed by atoms with Crippen molar-refractivity contribution in [2.24, 2.45) is 4.99 Å². The van der Waals surface area contributed by atoms with Crippen LogP contribution in [0.25, 0.3) is 5.70 Å². The van der Waals surface area contributed by atoms with Crippen LogP contribution in [0, 0.1) is 13.8 Å². The molecular weight excluding hydrogens is 304 g/mol. The Morgan fingerprint density at radius 1 is 0.960 bits per heavy atom. The van der Waals surface area contributed by atoms with Crippen molar-refractivity contribution in [3.05, 3.63) is 95.7 Å². The highest BCUT2D eigenvalue weighted by atomic mass is 14.9.